The molecule has 6 nitrogen and oxygen atoms in total. The van der Waals surface area contributed by atoms with Crippen molar-refractivity contribution in [3.63, 3.8) is 0 Å². The van der Waals surface area contributed by atoms with E-state index in [1.54, 1.807) is 0 Å². The molecule has 1 aliphatic rings. The molecular formula is C10H14N4O2. The number of rotatable bonds is 2. The molecule has 2 rings (SSSR count). The Labute approximate surface area is 93.3 Å². The minimum Gasteiger partial charge on any atom is -0.339 e. The van der Waals surface area contributed by atoms with Gasteiger partial charge in [0, 0.05) is 13.1 Å². The summed E-state index contributed by atoms with van der Waals surface area (Å²) in [5.74, 6) is 0.177. The van der Waals surface area contributed by atoms with E-state index in [4.69, 9.17) is 0 Å². The van der Waals surface area contributed by atoms with Crippen LogP contribution in [0.1, 0.15) is 24.3 Å². The van der Waals surface area contributed by atoms with Crippen molar-refractivity contribution >= 4 is 17.6 Å². The van der Waals surface area contributed by atoms with E-state index in [0.717, 1.165) is 0 Å². The van der Waals surface area contributed by atoms with Gasteiger partial charge >= 0.3 is 0 Å². The lowest BCUT2D eigenvalue weighted by Gasteiger charge is -2.19. The van der Waals surface area contributed by atoms with Crippen LogP contribution >= 0.6 is 0 Å². The summed E-state index contributed by atoms with van der Waals surface area (Å²) in [6, 6.07) is 0. The highest BCUT2D eigenvalue weighted by molar-refractivity contribution is 6.07. The van der Waals surface area contributed by atoms with E-state index >= 15 is 0 Å². The molecule has 6 heteroatoms. The maximum absolute atomic E-state index is 12.0. The molecule has 2 amide bonds. The standard InChI is InChI=1S/C10H14N4O2/c1-3-13-5-7(15)14(4-2)9-8(10(13)16)11-6-12-9/h6H,3-5H2,1-2H3,(H,11,12). The molecule has 16 heavy (non-hydrogen) atoms. The smallest absolute Gasteiger partial charge is 0.274 e. The van der Waals surface area contributed by atoms with Gasteiger partial charge in [0.05, 0.1) is 6.33 Å². The van der Waals surface area contributed by atoms with Crippen molar-refractivity contribution < 1.29 is 9.59 Å². The molecule has 0 aromatic carbocycles. The van der Waals surface area contributed by atoms with E-state index in [1.165, 1.54) is 16.1 Å². The number of hydrogen-bond acceptors (Lipinski definition) is 3. The first kappa shape index (κ1) is 10.7. The van der Waals surface area contributed by atoms with Gasteiger partial charge < -0.3 is 9.88 Å². The fourth-order valence-corrected chi connectivity index (χ4v) is 1.83. The van der Waals surface area contributed by atoms with Crippen LogP contribution in [0.2, 0.25) is 0 Å². The first-order chi connectivity index (χ1) is 7.69. The van der Waals surface area contributed by atoms with Crippen LogP contribution in [0.4, 0.5) is 5.82 Å². The second-order valence-corrected chi connectivity index (χ2v) is 3.56. The lowest BCUT2D eigenvalue weighted by atomic mass is 10.3. The Hall–Kier alpha value is -1.85. The van der Waals surface area contributed by atoms with Gasteiger partial charge in [0.2, 0.25) is 5.91 Å². The zero-order valence-corrected chi connectivity index (χ0v) is 9.36. The van der Waals surface area contributed by atoms with Crippen molar-refractivity contribution in [3.05, 3.63) is 12.0 Å². The van der Waals surface area contributed by atoms with Gasteiger partial charge in [-0.1, -0.05) is 0 Å². The molecule has 2 heterocycles. The number of likely N-dealkylation sites (N-methyl/N-ethyl adjacent to an activating group) is 2. The number of nitrogens with one attached hydrogen (secondary N) is 1. The molecule has 1 N–H and O–H groups in total. The average Bonchev–Trinajstić information content (AvgIpc) is 2.71. The fourth-order valence-electron chi connectivity index (χ4n) is 1.83. The van der Waals surface area contributed by atoms with E-state index in [2.05, 4.69) is 9.97 Å². The molecule has 1 aromatic rings. The second kappa shape index (κ2) is 3.96. The molecule has 0 saturated carbocycles. The topological polar surface area (TPSA) is 69.3 Å². The molecule has 0 radical (unpaired) electrons. The van der Waals surface area contributed by atoms with Crippen LogP contribution in [0.25, 0.3) is 0 Å². The van der Waals surface area contributed by atoms with Crippen molar-refractivity contribution in [1.29, 1.82) is 0 Å². The SMILES string of the molecule is CCN1CC(=O)N(CC)c2nc[nH]c2C1=O. The summed E-state index contributed by atoms with van der Waals surface area (Å²) in [6.45, 7) is 4.86. The highest BCUT2D eigenvalue weighted by Crippen LogP contribution is 2.21. The number of aromatic amines is 1. The van der Waals surface area contributed by atoms with Crippen molar-refractivity contribution in [2.45, 2.75) is 13.8 Å². The molecule has 0 fully saturated rings. The number of imidazole rings is 1. The quantitative estimate of drug-likeness (QED) is 0.779. The number of H-pyrrole nitrogens is 1. The molecule has 1 aromatic heterocycles. The molecule has 0 atom stereocenters. The number of carbonyl (C=O) groups excluding carboxylic acids is 2. The van der Waals surface area contributed by atoms with Crippen LogP contribution in [0, 0.1) is 0 Å². The zero-order chi connectivity index (χ0) is 11.7. The largest absolute Gasteiger partial charge is 0.339 e. The van der Waals surface area contributed by atoms with Gasteiger partial charge in [-0.3, -0.25) is 14.5 Å². The average molecular weight is 222 g/mol. The van der Waals surface area contributed by atoms with Crippen LogP contribution < -0.4 is 4.90 Å². The van der Waals surface area contributed by atoms with Gasteiger partial charge in [-0.2, -0.15) is 0 Å². The van der Waals surface area contributed by atoms with Crippen molar-refractivity contribution in [2.24, 2.45) is 0 Å². The maximum Gasteiger partial charge on any atom is 0.274 e. The second-order valence-electron chi connectivity index (χ2n) is 3.56. The molecule has 0 aliphatic carbocycles. The fraction of sp³-hybridized carbons (Fsp3) is 0.500. The zero-order valence-electron chi connectivity index (χ0n) is 9.36. The third kappa shape index (κ3) is 1.46. The minimum absolute atomic E-state index is 0.0939. The lowest BCUT2D eigenvalue weighted by Crippen LogP contribution is -2.39. The summed E-state index contributed by atoms with van der Waals surface area (Å²) in [5.41, 5.74) is 0.398. The van der Waals surface area contributed by atoms with Gasteiger partial charge in [0.25, 0.3) is 5.91 Å². The first-order valence-electron chi connectivity index (χ1n) is 5.32. The van der Waals surface area contributed by atoms with Gasteiger partial charge in [0.15, 0.2) is 5.82 Å². The molecule has 0 bridgehead atoms. The summed E-state index contributed by atoms with van der Waals surface area (Å²) in [6.07, 6.45) is 1.44. The van der Waals surface area contributed by atoms with Crippen molar-refractivity contribution in [2.75, 3.05) is 24.5 Å². The van der Waals surface area contributed by atoms with Crippen LogP contribution in [0.15, 0.2) is 6.33 Å². The van der Waals surface area contributed by atoms with Crippen molar-refractivity contribution in [3.8, 4) is 0 Å². The number of aromatic nitrogens is 2. The predicted octanol–water partition coefficient (Wildman–Crippen LogP) is 0.238. The number of amides is 2. The number of nitrogens with zero attached hydrogens (tertiary/aromatic N) is 3. The van der Waals surface area contributed by atoms with E-state index in [-0.39, 0.29) is 18.4 Å². The van der Waals surface area contributed by atoms with E-state index < -0.39 is 0 Å². The number of carbonyl (C=O) groups is 2. The summed E-state index contributed by atoms with van der Waals surface area (Å²) >= 11 is 0. The predicted molar refractivity (Wildman–Crippen MR) is 58.2 cm³/mol. The summed E-state index contributed by atoms with van der Waals surface area (Å²) in [4.78, 5) is 33.8. The molecule has 0 saturated heterocycles. The summed E-state index contributed by atoms with van der Waals surface area (Å²) in [5, 5.41) is 0. The monoisotopic (exact) mass is 222 g/mol. The molecule has 0 spiro atoms. The summed E-state index contributed by atoms with van der Waals surface area (Å²) in [7, 11) is 0. The van der Waals surface area contributed by atoms with E-state index in [0.29, 0.717) is 24.6 Å². The Morgan fingerprint density at radius 2 is 2.12 bits per heavy atom. The van der Waals surface area contributed by atoms with Crippen LogP contribution in [-0.4, -0.2) is 46.3 Å². The van der Waals surface area contributed by atoms with Crippen LogP contribution in [-0.2, 0) is 4.79 Å². The molecule has 86 valence electrons. The maximum atomic E-state index is 12.0. The Morgan fingerprint density at radius 1 is 1.38 bits per heavy atom. The van der Waals surface area contributed by atoms with E-state index in [1.807, 2.05) is 13.8 Å². The molecular weight excluding hydrogens is 208 g/mol. The third-order valence-corrected chi connectivity index (χ3v) is 2.70. The van der Waals surface area contributed by atoms with Crippen LogP contribution in [0.5, 0.6) is 0 Å². The van der Waals surface area contributed by atoms with Gasteiger partial charge in [0.1, 0.15) is 12.2 Å². The van der Waals surface area contributed by atoms with Crippen molar-refractivity contribution in [1.82, 2.24) is 14.9 Å². The number of fused-ring (bicyclic) bond motifs is 1. The Morgan fingerprint density at radius 3 is 2.75 bits per heavy atom. The Balaban J connectivity index is 2.49. The Kier molecular flexibility index (Phi) is 2.64. The third-order valence-electron chi connectivity index (χ3n) is 2.70. The normalized spacial score (nSPS) is 16.4. The number of anilines is 1. The molecule has 1 aliphatic heterocycles. The highest BCUT2D eigenvalue weighted by atomic mass is 16.2. The van der Waals surface area contributed by atoms with Crippen LogP contribution in [0.3, 0.4) is 0 Å². The minimum atomic E-state index is -0.167. The number of hydrogen-bond donors (Lipinski definition) is 1. The summed E-state index contributed by atoms with van der Waals surface area (Å²) < 4.78 is 0. The van der Waals surface area contributed by atoms with Gasteiger partial charge in [-0.25, -0.2) is 4.98 Å². The Bertz CT molecular complexity index is 426. The lowest BCUT2D eigenvalue weighted by molar-refractivity contribution is -0.119. The first-order valence-corrected chi connectivity index (χ1v) is 5.32. The van der Waals surface area contributed by atoms with Gasteiger partial charge in [-0.05, 0) is 13.8 Å². The van der Waals surface area contributed by atoms with E-state index in [9.17, 15) is 9.59 Å². The molecule has 0 unspecified atom stereocenters. The van der Waals surface area contributed by atoms with Gasteiger partial charge in [-0.15, -0.1) is 0 Å². The highest BCUT2D eigenvalue weighted by Gasteiger charge is 2.31.